The number of rotatable bonds is 40. The number of halogens is 6. The number of aliphatic hydroxyl groups excluding tert-OH is 2. The topological polar surface area (TPSA) is 470 Å². The molecule has 35 nitrogen and oxygen atoms in total. The number of allylic oxidation sites excluding steroid dienone is 7. The fraction of sp³-hybridized carbons (Fsp3) is 0.626. The first kappa shape index (κ1) is 132. The number of aliphatic carboxylic acids is 1. The smallest absolute Gasteiger partial charge is 0.480 e. The zero-order chi connectivity index (χ0) is 103. The Morgan fingerprint density at radius 2 is 0.956 bits per heavy atom. The molecule has 3 atom stereocenters. The first-order valence-corrected chi connectivity index (χ1v) is 54.8. The highest BCUT2D eigenvalue weighted by molar-refractivity contribution is 7.87. The van der Waals surface area contributed by atoms with E-state index in [1.165, 1.54) is 50.3 Å². The lowest BCUT2D eigenvalue weighted by molar-refractivity contribution is -0.270. The van der Waals surface area contributed by atoms with Crippen LogP contribution in [0.4, 0.5) is 13.2 Å². The van der Waals surface area contributed by atoms with Gasteiger partial charge >= 0.3 is 56.6 Å². The molecule has 0 aliphatic carbocycles. The highest BCUT2D eigenvalue weighted by Crippen LogP contribution is 2.42. The molecule has 0 saturated carbocycles. The van der Waals surface area contributed by atoms with E-state index in [1.54, 1.807) is 51.0 Å². The van der Waals surface area contributed by atoms with E-state index in [9.17, 15) is 55.2 Å². The van der Waals surface area contributed by atoms with Gasteiger partial charge in [-0.1, -0.05) is 225 Å². The number of hydroxylamine groups is 2. The van der Waals surface area contributed by atoms with E-state index in [-0.39, 0.29) is 78.4 Å². The Morgan fingerprint density at radius 3 is 1.27 bits per heavy atom. The summed E-state index contributed by atoms with van der Waals surface area (Å²) in [4.78, 5) is 88.7. The number of ether oxygens (including phenoxy) is 2. The minimum absolute atomic E-state index is 0. The number of hydrogen-bond donors (Lipinski definition) is 5. The standard InChI is InChI=1S/C23H31N3O5.C14H26N2O3Si.C11H23ClOSi.C11H24O2Si.C10H19N3O2.C9H11F3N2O5S.C8H12N2O3.C5H6O2.2ClH/c1-17-24-31-21(28)25(17)15-11-7-10-14-23(5)20(27)30-19(22(2,3)4)26(23)29-16-18-12-8-6-9-13-18;1-12-15-19-13(17)16(12)10-8-7-9-11-18-20(5,6)14(2,3)4;2*1-11(2,3)14(4,5)13-10-8-6-7-9-12;1-8(11)13-7-5-3-4-6-10(2,12)9(14)15;1-7-13-19-8(15)14(7)5-3-2-4-6-18-20(16,17)9(10,11)12;1-7-9-13-8(12)10(7)5-3-2-4-6-11;6-5-3-1-2-4-7-5;;/h6-9,11-13,19H,10,14-16H2,1-5H3;7-8H,9-11H2,1-6H3;6-7H,8-10H2,1-5H3;6-7,12H,8-10H2,1-5H3;3,5H,4,6-7,12H2,1-2H3,(H2,11,13)(H,14,15);2-3H,4-6H2,1H3;2-3,11H,4-6H2,1H3;1,3H,2,4H2;2*1H/b11-7-;8-7-;2*7-6-;5-3-;2*3-2-;;;/t19-,23+;;;;10-;;;;;/m1...0...../s1. The van der Waals surface area contributed by atoms with E-state index in [0.29, 0.717) is 112 Å². The second kappa shape index (κ2) is 64.8. The highest BCUT2D eigenvalue weighted by Gasteiger charge is 2.56. The molecule has 45 heteroatoms. The van der Waals surface area contributed by atoms with E-state index >= 15 is 0 Å². The first-order valence-electron chi connectivity index (χ1n) is 44.2. The Labute approximate surface area is 820 Å². The number of nitrogens with two attached hydrogens (primary N) is 2. The van der Waals surface area contributed by atoms with Crippen molar-refractivity contribution in [3.8, 4) is 0 Å². The van der Waals surface area contributed by atoms with Crippen LogP contribution in [0.1, 0.15) is 197 Å². The molecule has 2 aliphatic rings. The SMILES string of the molecule is CC(C)(C)[Si](C)(C)OCC/C=C\CCl.CC(C)(C)[Si](C)(C)OCC/C=C\CO.CC(N)=NC/C=C\CC[C@](C)(N)C(=O)O.Cc1noc(=O)n1C/C=C\CCO.Cc1noc(=O)n1C/C=C\CCOS(=O)(=O)C(F)(F)F.Cc1noc(=O)n1C/C=C\CCO[Si](C)(C)C(C)(C)C.Cc1noc(=O)n1C/C=C\CC[C@@]1(C)C(=O)O[C@H](C(C)(C)C)N1OCc1ccccc1.Cl.Cl.O=C1C=CCCO1. The van der Waals surface area contributed by atoms with Gasteiger partial charge in [0.05, 0.1) is 38.8 Å². The van der Waals surface area contributed by atoms with Crippen molar-refractivity contribution in [1.29, 1.82) is 0 Å². The molecule has 0 amide bonds. The number of carbonyl (C=O) groups is 3. The van der Waals surface area contributed by atoms with Crippen molar-refractivity contribution in [3.05, 3.63) is 199 Å². The molecule has 0 unspecified atom stereocenters. The van der Waals surface area contributed by atoms with Crippen molar-refractivity contribution in [3.63, 3.8) is 0 Å². The van der Waals surface area contributed by atoms with Crippen LogP contribution in [-0.4, -0.2) is 198 Å². The third kappa shape index (κ3) is 52.1. The summed E-state index contributed by atoms with van der Waals surface area (Å²) in [6.45, 7) is 56.3. The van der Waals surface area contributed by atoms with Gasteiger partial charge in [-0.3, -0.25) is 55.2 Å². The molecule has 1 saturated heterocycles. The molecule has 5 aromatic rings. The van der Waals surface area contributed by atoms with E-state index in [2.05, 4.69) is 160 Å². The van der Waals surface area contributed by atoms with E-state index in [1.807, 2.05) is 113 Å². The van der Waals surface area contributed by atoms with Gasteiger partial charge in [-0.05, 0) is 166 Å². The minimum Gasteiger partial charge on any atom is -0.480 e. The van der Waals surface area contributed by atoms with Crippen LogP contribution in [0.15, 0.2) is 170 Å². The second-order valence-electron chi connectivity index (χ2n) is 36.9. The molecule has 6 heterocycles. The van der Waals surface area contributed by atoms with Crippen LogP contribution in [0.2, 0.25) is 54.4 Å². The normalized spacial score (nSPS) is 15.7. The van der Waals surface area contributed by atoms with Gasteiger partial charge in [0, 0.05) is 76.4 Å². The lowest BCUT2D eigenvalue weighted by atomic mass is 9.91. The van der Waals surface area contributed by atoms with E-state index in [0.717, 1.165) is 51.1 Å². The summed E-state index contributed by atoms with van der Waals surface area (Å²) in [7, 11) is -10.3. The second-order valence-corrected chi connectivity index (χ2v) is 53.2. The summed E-state index contributed by atoms with van der Waals surface area (Å²) >= 11 is 5.52. The molecule has 1 fully saturated rings. The van der Waals surface area contributed by atoms with E-state index < -0.39 is 93.5 Å². The number of aliphatic hydroxyl groups is 2. The van der Waals surface area contributed by atoms with Crippen molar-refractivity contribution in [1.82, 2.24) is 44.0 Å². The van der Waals surface area contributed by atoms with Gasteiger partial charge < -0.3 is 49.5 Å². The summed E-state index contributed by atoms with van der Waals surface area (Å²) in [5.74, 6) is -0.353. The Kier molecular flexibility index (Phi) is 62.8. The first-order chi connectivity index (χ1) is 62.1. The average Bonchev–Trinajstić information content (AvgIpc) is 1.60. The van der Waals surface area contributed by atoms with Gasteiger partial charge in [0.25, 0.3) is 0 Å². The number of carboxylic acid groups (broad SMARTS) is 1. The van der Waals surface area contributed by atoms with Crippen molar-refractivity contribution in [2.45, 2.75) is 306 Å². The number of hydrogen-bond acceptors (Lipinski definition) is 29. The number of carboxylic acids is 1. The molecule has 136 heavy (non-hydrogen) atoms. The van der Waals surface area contributed by atoms with Crippen LogP contribution in [-0.2, 0) is 89.1 Å². The third-order valence-electron chi connectivity index (χ3n) is 21.4. The van der Waals surface area contributed by atoms with Gasteiger partial charge in [-0.15, -0.1) is 41.5 Å². The zero-order valence-electron chi connectivity index (χ0n) is 84.0. The van der Waals surface area contributed by atoms with Crippen LogP contribution in [0.5, 0.6) is 0 Å². The summed E-state index contributed by atoms with van der Waals surface area (Å²) < 4.78 is 112. The number of cyclic esters (lactones) is 2. The van der Waals surface area contributed by atoms with Crippen LogP contribution < -0.4 is 34.5 Å². The Hall–Kier alpha value is -8.32. The number of aliphatic imine (C=N–C) groups is 1. The van der Waals surface area contributed by atoms with E-state index in [4.69, 9.17) is 61.2 Å². The number of nitrogens with zero attached hydrogens (tertiary/aromatic N) is 10. The molecule has 776 valence electrons. The number of esters is 2. The Morgan fingerprint density at radius 1 is 0.581 bits per heavy atom. The maximum absolute atomic E-state index is 12.9. The van der Waals surface area contributed by atoms with Gasteiger partial charge in [0.2, 0.25) is 0 Å². The Bertz CT molecular complexity index is 4860. The predicted octanol–water partition coefficient (Wildman–Crippen LogP) is 16.7. The fourth-order valence-corrected chi connectivity index (χ4v) is 13.6. The number of benzene rings is 1. The monoisotopic (exact) mass is 2060 g/mol. The number of amidine groups is 1. The Balaban J connectivity index is -0.00000153. The van der Waals surface area contributed by atoms with Gasteiger partial charge in [-0.2, -0.15) is 21.6 Å². The van der Waals surface area contributed by atoms with Crippen LogP contribution >= 0.6 is 36.4 Å². The van der Waals surface area contributed by atoms with Gasteiger partial charge in [0.15, 0.2) is 54.5 Å². The van der Waals surface area contributed by atoms with Crippen molar-refractivity contribution in [2.24, 2.45) is 21.9 Å². The molecule has 7 rings (SSSR count). The molecular formula is C91H154Cl3F3N12O23SSi3. The number of alkyl halides is 4. The lowest BCUT2D eigenvalue weighted by Crippen LogP contribution is -2.51. The maximum Gasteiger partial charge on any atom is 0.523 e. The summed E-state index contributed by atoms with van der Waals surface area (Å²) in [5, 5.41) is 42.5. The quantitative estimate of drug-likeness (QED) is 0.00280. The molecule has 0 spiro atoms. The van der Waals surface area contributed by atoms with Crippen LogP contribution in [0.25, 0.3) is 0 Å². The molecule has 2 aliphatic heterocycles. The van der Waals surface area contributed by atoms with Crippen molar-refractivity contribution in [2.75, 3.05) is 58.7 Å². The van der Waals surface area contributed by atoms with Crippen molar-refractivity contribution >= 4 is 95.2 Å². The van der Waals surface area contributed by atoms with Crippen LogP contribution in [0.3, 0.4) is 0 Å². The lowest BCUT2D eigenvalue weighted by Gasteiger charge is -2.37. The molecule has 4 aromatic heterocycles. The largest absolute Gasteiger partial charge is 0.523 e. The summed E-state index contributed by atoms with van der Waals surface area (Å²) in [6, 6.07) is 9.84. The molecular weight excluding hydrogens is 1910 g/mol. The molecule has 0 radical (unpaired) electrons. The molecule has 7 N–H and O–H groups in total. The summed E-state index contributed by atoms with van der Waals surface area (Å²) in [6.07, 6.45) is 34.8. The average molecular weight is 2060 g/mol. The third-order valence-corrected chi connectivity index (χ3v) is 36.2. The number of aromatic nitrogens is 8. The van der Waals surface area contributed by atoms with Crippen LogP contribution in [0, 0.1) is 33.1 Å². The number of carbonyl (C=O) groups excluding carboxylic acids is 2. The van der Waals surface area contributed by atoms with Gasteiger partial charge in [0.1, 0.15) is 11.1 Å². The summed E-state index contributed by atoms with van der Waals surface area (Å²) in [5.41, 5.74) is 4.09. The molecule has 1 aromatic carbocycles. The number of aryl methyl sites for hydroxylation is 4. The van der Waals surface area contributed by atoms with Crippen molar-refractivity contribution < 1.29 is 101 Å². The highest BCUT2D eigenvalue weighted by atomic mass is 35.5. The maximum atomic E-state index is 12.9. The van der Waals surface area contributed by atoms with Gasteiger partial charge in [-0.25, -0.2) is 28.8 Å². The molecule has 0 bridgehead atoms. The predicted molar refractivity (Wildman–Crippen MR) is 535 cm³/mol. The minimum atomic E-state index is -5.56. The zero-order valence-corrected chi connectivity index (χ0v) is 90.2. The fourth-order valence-electron chi connectivity index (χ4n) is 9.89.